The number of benzene rings is 1. The van der Waals surface area contributed by atoms with Gasteiger partial charge in [0, 0.05) is 35.1 Å². The summed E-state index contributed by atoms with van der Waals surface area (Å²) in [6.07, 6.45) is 5.86. The largest absolute Gasteiger partial charge is 0.398 e. The molecular formula is C22H24FN5O2. The van der Waals surface area contributed by atoms with Gasteiger partial charge in [-0.1, -0.05) is 0 Å². The number of halogens is 1. The number of fused-ring (bicyclic) bond motifs is 1. The third kappa shape index (κ3) is 3.41. The first-order chi connectivity index (χ1) is 14.5. The molecule has 7 nitrogen and oxygen atoms in total. The second-order valence-corrected chi connectivity index (χ2v) is 8.11. The average molecular weight is 409 g/mol. The minimum absolute atomic E-state index is 0.0296. The summed E-state index contributed by atoms with van der Waals surface area (Å²) in [5.74, 6) is -0.497. The van der Waals surface area contributed by atoms with Crippen LogP contribution in [0.15, 0.2) is 30.6 Å². The molecule has 2 aromatic heterocycles. The topological polar surface area (TPSA) is 95.1 Å². The van der Waals surface area contributed by atoms with Crippen LogP contribution in [0.4, 0.5) is 15.9 Å². The summed E-state index contributed by atoms with van der Waals surface area (Å²) in [7, 11) is 0. The lowest BCUT2D eigenvalue weighted by Gasteiger charge is -2.24. The van der Waals surface area contributed by atoms with Gasteiger partial charge in [0.05, 0.1) is 12.1 Å². The van der Waals surface area contributed by atoms with Crippen LogP contribution in [-0.2, 0) is 9.53 Å². The molecule has 156 valence electrons. The predicted octanol–water partition coefficient (Wildman–Crippen LogP) is 3.98. The molecule has 1 aliphatic heterocycles. The molecule has 0 spiro atoms. The molecule has 3 heterocycles. The fourth-order valence-electron chi connectivity index (χ4n) is 4.08. The number of ether oxygens (including phenoxy) is 1. The highest BCUT2D eigenvalue weighted by Gasteiger charge is 2.43. The van der Waals surface area contributed by atoms with Gasteiger partial charge in [0.15, 0.2) is 0 Å². The molecule has 8 heteroatoms. The SMILES string of the molecule is Cc1c(-c2cc(N)c3cnc(NC(=O)[C@@H]4C[C@@H]4F)cc3c2)cnn1[C@H]1CCCCO1. The number of anilines is 2. The van der Waals surface area contributed by atoms with Crippen molar-refractivity contribution in [3.05, 3.63) is 36.3 Å². The molecule has 5 rings (SSSR count). The van der Waals surface area contributed by atoms with Gasteiger partial charge in [-0.3, -0.25) is 4.79 Å². The molecule has 1 saturated heterocycles. The van der Waals surface area contributed by atoms with Gasteiger partial charge in [-0.15, -0.1) is 0 Å². The molecule has 1 aromatic carbocycles. The van der Waals surface area contributed by atoms with Crippen molar-refractivity contribution in [3.63, 3.8) is 0 Å². The van der Waals surface area contributed by atoms with Crippen molar-refractivity contribution in [3.8, 4) is 11.1 Å². The Labute approximate surface area is 173 Å². The van der Waals surface area contributed by atoms with Crippen LogP contribution in [0, 0.1) is 12.8 Å². The Balaban J connectivity index is 1.47. The number of nitrogens with one attached hydrogen (secondary N) is 1. The fraction of sp³-hybridized carbons (Fsp3) is 0.409. The van der Waals surface area contributed by atoms with Crippen LogP contribution >= 0.6 is 0 Å². The molecule has 1 amide bonds. The first-order valence-electron chi connectivity index (χ1n) is 10.3. The van der Waals surface area contributed by atoms with Crippen LogP contribution in [0.1, 0.15) is 37.6 Å². The Morgan fingerprint density at radius 2 is 2.13 bits per heavy atom. The quantitative estimate of drug-likeness (QED) is 0.636. The molecule has 0 unspecified atom stereocenters. The number of alkyl halides is 1. The van der Waals surface area contributed by atoms with Gasteiger partial charge in [-0.2, -0.15) is 5.10 Å². The molecule has 2 fully saturated rings. The number of aromatic nitrogens is 3. The van der Waals surface area contributed by atoms with Gasteiger partial charge in [0.2, 0.25) is 5.91 Å². The van der Waals surface area contributed by atoms with E-state index < -0.39 is 12.1 Å². The molecule has 3 atom stereocenters. The zero-order chi connectivity index (χ0) is 20.8. The summed E-state index contributed by atoms with van der Waals surface area (Å²) in [5.41, 5.74) is 9.83. The highest BCUT2D eigenvalue weighted by atomic mass is 19.1. The van der Waals surface area contributed by atoms with E-state index in [9.17, 15) is 9.18 Å². The normalized spacial score (nSPS) is 23.5. The number of amides is 1. The van der Waals surface area contributed by atoms with Crippen molar-refractivity contribution in [2.75, 3.05) is 17.7 Å². The third-order valence-corrected chi connectivity index (χ3v) is 5.95. The zero-order valence-corrected chi connectivity index (χ0v) is 16.8. The summed E-state index contributed by atoms with van der Waals surface area (Å²) >= 11 is 0. The molecular weight excluding hydrogens is 385 g/mol. The standard InChI is InChI=1S/C22H24FN5O2/c1-12-16(11-26-28(12)21-4-2-3-5-30-21)13-6-14-8-20(25-10-17(14)19(24)7-13)27-22(29)15-9-18(15)23/h6-8,10-11,15,18,21H,2-5,9,24H2,1H3,(H,25,27,29)/t15-,18+,21-/m1/s1. The number of nitrogens with two attached hydrogens (primary N) is 1. The lowest BCUT2D eigenvalue weighted by atomic mass is 10.0. The highest BCUT2D eigenvalue weighted by Crippen LogP contribution is 2.36. The second kappa shape index (κ2) is 7.36. The van der Waals surface area contributed by atoms with Gasteiger partial charge in [0.25, 0.3) is 0 Å². The maximum Gasteiger partial charge on any atom is 0.231 e. The van der Waals surface area contributed by atoms with Crippen LogP contribution in [0.2, 0.25) is 0 Å². The van der Waals surface area contributed by atoms with E-state index in [1.165, 1.54) is 0 Å². The van der Waals surface area contributed by atoms with E-state index in [-0.39, 0.29) is 18.6 Å². The average Bonchev–Trinajstić information content (AvgIpc) is 3.35. The maximum absolute atomic E-state index is 13.1. The minimum atomic E-state index is -1.04. The second-order valence-electron chi connectivity index (χ2n) is 8.11. The summed E-state index contributed by atoms with van der Waals surface area (Å²) < 4.78 is 20.9. The molecule has 0 radical (unpaired) electrons. The first kappa shape index (κ1) is 19.0. The fourth-order valence-corrected chi connectivity index (χ4v) is 4.08. The number of hydrogen-bond donors (Lipinski definition) is 2. The highest BCUT2D eigenvalue weighted by molar-refractivity contribution is 6.00. The van der Waals surface area contributed by atoms with Crippen molar-refractivity contribution in [1.29, 1.82) is 0 Å². The molecule has 1 saturated carbocycles. The Morgan fingerprint density at radius 3 is 2.87 bits per heavy atom. The minimum Gasteiger partial charge on any atom is -0.398 e. The molecule has 3 N–H and O–H groups in total. The lowest BCUT2D eigenvalue weighted by Crippen LogP contribution is -2.20. The van der Waals surface area contributed by atoms with E-state index in [0.29, 0.717) is 11.5 Å². The smallest absolute Gasteiger partial charge is 0.231 e. The van der Waals surface area contributed by atoms with Crippen molar-refractivity contribution in [1.82, 2.24) is 14.8 Å². The van der Waals surface area contributed by atoms with Gasteiger partial charge in [0.1, 0.15) is 18.2 Å². The number of nitrogen functional groups attached to an aromatic ring is 1. The monoisotopic (exact) mass is 409 g/mol. The van der Waals surface area contributed by atoms with Gasteiger partial charge >= 0.3 is 0 Å². The summed E-state index contributed by atoms with van der Waals surface area (Å²) in [5, 5.41) is 8.91. The molecule has 30 heavy (non-hydrogen) atoms. The number of hydrogen-bond acceptors (Lipinski definition) is 5. The van der Waals surface area contributed by atoms with Crippen molar-refractivity contribution in [2.45, 2.75) is 45.0 Å². The summed E-state index contributed by atoms with van der Waals surface area (Å²) in [6, 6.07) is 5.69. The Kier molecular flexibility index (Phi) is 4.66. The van der Waals surface area contributed by atoms with Crippen LogP contribution in [0.3, 0.4) is 0 Å². The van der Waals surface area contributed by atoms with Gasteiger partial charge in [-0.25, -0.2) is 14.1 Å². The van der Waals surface area contributed by atoms with E-state index in [1.807, 2.05) is 29.9 Å². The van der Waals surface area contributed by atoms with E-state index in [2.05, 4.69) is 15.4 Å². The van der Waals surface area contributed by atoms with Crippen LogP contribution in [-0.4, -0.2) is 33.5 Å². The number of carbonyl (C=O) groups excluding carboxylic acids is 1. The van der Waals surface area contributed by atoms with Crippen LogP contribution < -0.4 is 11.1 Å². The maximum atomic E-state index is 13.1. The lowest BCUT2D eigenvalue weighted by molar-refractivity contribution is -0.117. The molecule has 2 aliphatic rings. The van der Waals surface area contributed by atoms with Crippen molar-refractivity contribution < 1.29 is 13.9 Å². The summed E-state index contributed by atoms with van der Waals surface area (Å²) in [4.78, 5) is 16.3. The Morgan fingerprint density at radius 1 is 1.30 bits per heavy atom. The molecule has 1 aliphatic carbocycles. The van der Waals surface area contributed by atoms with E-state index in [0.717, 1.165) is 53.5 Å². The van der Waals surface area contributed by atoms with E-state index in [4.69, 9.17) is 10.5 Å². The molecule has 3 aromatic rings. The number of rotatable bonds is 4. The first-order valence-corrected chi connectivity index (χ1v) is 10.3. The number of pyridine rings is 1. The van der Waals surface area contributed by atoms with Gasteiger partial charge in [-0.05, 0) is 61.8 Å². The summed E-state index contributed by atoms with van der Waals surface area (Å²) in [6.45, 7) is 2.79. The zero-order valence-electron chi connectivity index (χ0n) is 16.8. The van der Waals surface area contributed by atoms with Crippen molar-refractivity contribution >= 4 is 28.2 Å². The van der Waals surface area contributed by atoms with E-state index >= 15 is 0 Å². The number of nitrogens with zero attached hydrogens (tertiary/aromatic N) is 3. The third-order valence-electron chi connectivity index (χ3n) is 5.95. The van der Waals surface area contributed by atoms with Crippen molar-refractivity contribution in [2.24, 2.45) is 5.92 Å². The van der Waals surface area contributed by atoms with Gasteiger partial charge < -0.3 is 15.8 Å². The molecule has 0 bridgehead atoms. The van der Waals surface area contributed by atoms with E-state index in [1.54, 1.807) is 12.3 Å². The van der Waals surface area contributed by atoms with Crippen LogP contribution in [0.25, 0.3) is 21.9 Å². The number of carbonyl (C=O) groups is 1. The Bertz CT molecular complexity index is 1120. The van der Waals surface area contributed by atoms with Crippen LogP contribution in [0.5, 0.6) is 0 Å². The predicted molar refractivity (Wildman–Crippen MR) is 113 cm³/mol. The Hall–Kier alpha value is -3.00.